The van der Waals surface area contributed by atoms with Crippen molar-refractivity contribution in [1.82, 2.24) is 0 Å². The molecule has 1 N–H and O–H groups in total. The van der Waals surface area contributed by atoms with Gasteiger partial charge in [0.2, 0.25) is 0 Å². The monoisotopic (exact) mass is 362 g/mol. The number of aliphatic hydroxyl groups is 1. The Balaban J connectivity index is 2.36. The van der Waals surface area contributed by atoms with Crippen LogP contribution in [0, 0.1) is 5.82 Å². The maximum Gasteiger partial charge on any atom is 0.416 e. The number of rotatable bonds is 3. The second-order valence-corrected chi connectivity index (χ2v) is 5.46. The SMILES string of the molecule is OC(Cc1ccccc1F)c1ccc(Br)cc1C(F)(F)F. The Morgan fingerprint density at radius 2 is 1.76 bits per heavy atom. The van der Waals surface area contributed by atoms with Crippen molar-refractivity contribution in [2.24, 2.45) is 0 Å². The molecule has 21 heavy (non-hydrogen) atoms. The van der Waals surface area contributed by atoms with Crippen LogP contribution >= 0.6 is 15.9 Å². The number of benzene rings is 2. The third-order valence-electron chi connectivity index (χ3n) is 3.05. The van der Waals surface area contributed by atoms with Gasteiger partial charge in [0.15, 0.2) is 0 Å². The van der Waals surface area contributed by atoms with Gasteiger partial charge < -0.3 is 5.11 Å². The molecule has 2 rings (SSSR count). The first kappa shape index (κ1) is 16.0. The van der Waals surface area contributed by atoms with Crippen LogP contribution < -0.4 is 0 Å². The van der Waals surface area contributed by atoms with E-state index in [1.54, 1.807) is 6.07 Å². The van der Waals surface area contributed by atoms with Crippen molar-refractivity contribution in [3.63, 3.8) is 0 Å². The van der Waals surface area contributed by atoms with E-state index >= 15 is 0 Å². The van der Waals surface area contributed by atoms with E-state index in [0.717, 1.165) is 6.07 Å². The highest BCUT2D eigenvalue weighted by Crippen LogP contribution is 2.37. The molecule has 6 heteroatoms. The summed E-state index contributed by atoms with van der Waals surface area (Å²) in [5.41, 5.74) is -1.03. The van der Waals surface area contributed by atoms with Crippen molar-refractivity contribution < 1.29 is 22.7 Å². The van der Waals surface area contributed by atoms with Gasteiger partial charge in [-0.1, -0.05) is 40.2 Å². The van der Waals surface area contributed by atoms with Gasteiger partial charge in [-0.15, -0.1) is 0 Å². The molecule has 0 saturated carbocycles. The van der Waals surface area contributed by atoms with Crippen LogP contribution in [0.1, 0.15) is 22.8 Å². The molecule has 0 fully saturated rings. The van der Waals surface area contributed by atoms with E-state index in [1.165, 1.54) is 30.3 Å². The molecule has 0 radical (unpaired) electrons. The van der Waals surface area contributed by atoms with E-state index in [9.17, 15) is 22.7 Å². The van der Waals surface area contributed by atoms with Crippen LogP contribution in [0.4, 0.5) is 17.6 Å². The highest BCUT2D eigenvalue weighted by molar-refractivity contribution is 9.10. The van der Waals surface area contributed by atoms with E-state index in [0.29, 0.717) is 0 Å². The summed E-state index contributed by atoms with van der Waals surface area (Å²) < 4.78 is 52.8. The Hall–Kier alpha value is -1.40. The maximum atomic E-state index is 13.5. The zero-order valence-corrected chi connectivity index (χ0v) is 12.2. The fourth-order valence-electron chi connectivity index (χ4n) is 2.05. The minimum Gasteiger partial charge on any atom is -0.388 e. The highest BCUT2D eigenvalue weighted by atomic mass is 79.9. The molecule has 1 atom stereocenters. The third-order valence-corrected chi connectivity index (χ3v) is 3.54. The van der Waals surface area contributed by atoms with Crippen LogP contribution in [0.5, 0.6) is 0 Å². The quantitative estimate of drug-likeness (QED) is 0.771. The molecule has 0 aliphatic heterocycles. The van der Waals surface area contributed by atoms with Gasteiger partial charge in [-0.05, 0) is 29.3 Å². The van der Waals surface area contributed by atoms with Crippen molar-refractivity contribution in [3.05, 3.63) is 69.4 Å². The molecular weight excluding hydrogens is 352 g/mol. The number of hydrogen-bond donors (Lipinski definition) is 1. The number of aliphatic hydroxyl groups excluding tert-OH is 1. The summed E-state index contributed by atoms with van der Waals surface area (Å²) in [7, 11) is 0. The summed E-state index contributed by atoms with van der Waals surface area (Å²) in [6.07, 6.45) is -6.25. The first-order chi connectivity index (χ1) is 9.79. The maximum absolute atomic E-state index is 13.5. The van der Waals surface area contributed by atoms with Crippen LogP contribution in [0.3, 0.4) is 0 Å². The van der Waals surface area contributed by atoms with Gasteiger partial charge in [0.1, 0.15) is 5.82 Å². The smallest absolute Gasteiger partial charge is 0.388 e. The number of halogens is 5. The van der Waals surface area contributed by atoms with Crippen LogP contribution in [-0.4, -0.2) is 5.11 Å². The van der Waals surface area contributed by atoms with E-state index < -0.39 is 23.7 Å². The predicted octanol–water partition coefficient (Wildman–Crippen LogP) is 4.88. The molecule has 0 amide bonds. The Morgan fingerprint density at radius 3 is 2.38 bits per heavy atom. The van der Waals surface area contributed by atoms with E-state index in [1.807, 2.05) is 0 Å². The van der Waals surface area contributed by atoms with Crippen molar-refractivity contribution in [2.75, 3.05) is 0 Å². The molecule has 0 aromatic heterocycles. The lowest BCUT2D eigenvalue weighted by Gasteiger charge is -2.18. The molecular formula is C15H11BrF4O. The molecule has 0 saturated heterocycles. The van der Waals surface area contributed by atoms with Gasteiger partial charge in [0.25, 0.3) is 0 Å². The van der Waals surface area contributed by atoms with E-state index in [-0.39, 0.29) is 22.0 Å². The molecule has 2 aromatic rings. The molecule has 1 nitrogen and oxygen atoms in total. The molecule has 1 unspecified atom stereocenters. The van der Waals surface area contributed by atoms with Gasteiger partial charge in [-0.25, -0.2) is 4.39 Å². The van der Waals surface area contributed by atoms with Gasteiger partial charge in [0, 0.05) is 10.9 Å². The molecule has 0 aliphatic carbocycles. The molecule has 0 aliphatic rings. The fraction of sp³-hybridized carbons (Fsp3) is 0.200. The van der Waals surface area contributed by atoms with Gasteiger partial charge in [-0.2, -0.15) is 13.2 Å². The third kappa shape index (κ3) is 3.83. The van der Waals surface area contributed by atoms with Crippen molar-refractivity contribution in [3.8, 4) is 0 Å². The highest BCUT2D eigenvalue weighted by Gasteiger charge is 2.35. The number of alkyl halides is 3. The Kier molecular flexibility index (Phi) is 4.68. The van der Waals surface area contributed by atoms with Crippen LogP contribution in [0.25, 0.3) is 0 Å². The Labute approximate surface area is 127 Å². The summed E-state index contributed by atoms with van der Waals surface area (Å²) >= 11 is 2.97. The second-order valence-electron chi connectivity index (χ2n) is 4.54. The Bertz CT molecular complexity index is 640. The largest absolute Gasteiger partial charge is 0.416 e. The van der Waals surface area contributed by atoms with Gasteiger partial charge in [0.05, 0.1) is 11.7 Å². The van der Waals surface area contributed by atoms with Crippen LogP contribution in [0.15, 0.2) is 46.9 Å². The topological polar surface area (TPSA) is 20.2 Å². The van der Waals surface area contributed by atoms with Gasteiger partial charge in [-0.3, -0.25) is 0 Å². The molecule has 112 valence electrons. The van der Waals surface area contributed by atoms with Crippen LogP contribution in [-0.2, 0) is 12.6 Å². The molecule has 0 heterocycles. The standard InChI is InChI=1S/C15H11BrF4O/c16-10-5-6-11(12(8-10)15(18,19)20)14(21)7-9-3-1-2-4-13(9)17/h1-6,8,14,21H,7H2. The van der Waals surface area contributed by atoms with Crippen LogP contribution in [0.2, 0.25) is 0 Å². The lowest BCUT2D eigenvalue weighted by molar-refractivity contribution is -0.139. The summed E-state index contributed by atoms with van der Waals surface area (Å²) in [5.74, 6) is -0.553. The zero-order chi connectivity index (χ0) is 15.6. The minimum absolute atomic E-state index is 0.168. The second kappa shape index (κ2) is 6.15. The fourth-order valence-corrected chi connectivity index (χ4v) is 2.41. The predicted molar refractivity (Wildman–Crippen MR) is 74.2 cm³/mol. The summed E-state index contributed by atoms with van der Waals surface area (Å²) in [4.78, 5) is 0. The molecule has 0 bridgehead atoms. The van der Waals surface area contributed by atoms with Crippen molar-refractivity contribution >= 4 is 15.9 Å². The van der Waals surface area contributed by atoms with E-state index in [2.05, 4.69) is 15.9 Å². The Morgan fingerprint density at radius 1 is 1.10 bits per heavy atom. The lowest BCUT2D eigenvalue weighted by Crippen LogP contribution is -2.14. The first-order valence-electron chi connectivity index (χ1n) is 6.07. The van der Waals surface area contributed by atoms with Crippen molar-refractivity contribution in [1.29, 1.82) is 0 Å². The first-order valence-corrected chi connectivity index (χ1v) is 6.86. The molecule has 2 aromatic carbocycles. The zero-order valence-electron chi connectivity index (χ0n) is 10.7. The van der Waals surface area contributed by atoms with Crippen molar-refractivity contribution in [2.45, 2.75) is 18.7 Å². The van der Waals surface area contributed by atoms with Gasteiger partial charge >= 0.3 is 6.18 Å². The average Bonchev–Trinajstić information content (AvgIpc) is 2.40. The number of hydrogen-bond acceptors (Lipinski definition) is 1. The summed E-state index contributed by atoms with van der Waals surface area (Å²) in [6.45, 7) is 0. The summed E-state index contributed by atoms with van der Waals surface area (Å²) in [5, 5.41) is 10.1. The lowest BCUT2D eigenvalue weighted by atomic mass is 9.96. The average molecular weight is 363 g/mol. The molecule has 0 spiro atoms. The summed E-state index contributed by atoms with van der Waals surface area (Å²) in [6, 6.07) is 9.19. The minimum atomic E-state index is -4.59. The van der Waals surface area contributed by atoms with E-state index in [4.69, 9.17) is 0 Å². The normalized spacial score (nSPS) is 13.2.